The predicted octanol–water partition coefficient (Wildman–Crippen LogP) is 0.428. The van der Waals surface area contributed by atoms with Gasteiger partial charge in [-0.25, -0.2) is 18.4 Å². The molecule has 0 aliphatic carbocycles. The van der Waals surface area contributed by atoms with E-state index in [2.05, 4.69) is 5.32 Å². The third kappa shape index (κ3) is 2.94. The number of nitrogens with one attached hydrogen (secondary N) is 1. The van der Waals surface area contributed by atoms with Gasteiger partial charge in [-0.1, -0.05) is 12.1 Å². The molecule has 1 aromatic carbocycles. The summed E-state index contributed by atoms with van der Waals surface area (Å²) in [6, 6.07) is 5.53. The van der Waals surface area contributed by atoms with Gasteiger partial charge < -0.3 is 10.2 Å². The first-order valence-corrected chi connectivity index (χ1v) is 5.97. The highest BCUT2D eigenvalue weighted by atomic mass is 32.2. The summed E-state index contributed by atoms with van der Waals surface area (Å²) in [6.45, 7) is 0. The molecule has 0 heterocycles. The summed E-state index contributed by atoms with van der Waals surface area (Å²) in [5.74, 6) is 0. The number of urea groups is 1. The number of para-hydroxylation sites is 1. The van der Waals surface area contributed by atoms with Gasteiger partial charge in [0.2, 0.25) is 10.0 Å². The molecule has 0 spiro atoms. The third-order valence-electron chi connectivity index (χ3n) is 1.84. The lowest BCUT2D eigenvalue weighted by Crippen LogP contribution is -2.28. The molecule has 0 radical (unpaired) electrons. The molecule has 88 valence electrons. The number of amides is 2. The molecular weight excluding hydrogens is 230 g/mol. The van der Waals surface area contributed by atoms with Crippen LogP contribution in [0.25, 0.3) is 0 Å². The van der Waals surface area contributed by atoms with Gasteiger partial charge >= 0.3 is 6.03 Å². The topological polar surface area (TPSA) is 92.5 Å². The molecule has 7 heteroatoms. The number of hydrogen-bond acceptors (Lipinski definition) is 3. The number of nitrogens with two attached hydrogens (primary N) is 1. The third-order valence-corrected chi connectivity index (χ3v) is 2.81. The van der Waals surface area contributed by atoms with E-state index in [1.807, 2.05) is 0 Å². The second-order valence-electron chi connectivity index (χ2n) is 3.37. The van der Waals surface area contributed by atoms with E-state index < -0.39 is 16.1 Å². The fraction of sp³-hybridized carbons (Fsp3) is 0.222. The molecule has 3 N–H and O–H groups in total. The van der Waals surface area contributed by atoms with Crippen molar-refractivity contribution in [2.24, 2.45) is 5.14 Å². The summed E-state index contributed by atoms with van der Waals surface area (Å²) in [5, 5.41) is 7.46. The number of benzene rings is 1. The average Bonchev–Trinajstić information content (AvgIpc) is 2.16. The summed E-state index contributed by atoms with van der Waals surface area (Å²) >= 11 is 0. The molecule has 0 aliphatic heterocycles. The number of carbonyl (C=O) groups is 1. The molecule has 0 atom stereocenters. The highest BCUT2D eigenvalue weighted by Crippen LogP contribution is 2.19. The molecular formula is C9H13N3O3S. The minimum atomic E-state index is -3.84. The summed E-state index contributed by atoms with van der Waals surface area (Å²) in [7, 11) is -0.737. The lowest BCUT2D eigenvalue weighted by Gasteiger charge is -2.13. The van der Waals surface area contributed by atoms with Crippen LogP contribution in [-0.4, -0.2) is 33.4 Å². The van der Waals surface area contributed by atoms with E-state index in [4.69, 9.17) is 5.14 Å². The Morgan fingerprint density at radius 3 is 2.38 bits per heavy atom. The van der Waals surface area contributed by atoms with Gasteiger partial charge in [0, 0.05) is 14.1 Å². The van der Waals surface area contributed by atoms with Crippen LogP contribution in [0.3, 0.4) is 0 Å². The summed E-state index contributed by atoms with van der Waals surface area (Å²) in [5.41, 5.74) is 0.170. The van der Waals surface area contributed by atoms with Gasteiger partial charge in [0.25, 0.3) is 0 Å². The zero-order valence-corrected chi connectivity index (χ0v) is 9.78. The zero-order chi connectivity index (χ0) is 12.3. The minimum Gasteiger partial charge on any atom is -0.331 e. The van der Waals surface area contributed by atoms with Crippen molar-refractivity contribution in [1.82, 2.24) is 4.90 Å². The Kier molecular flexibility index (Phi) is 3.51. The lowest BCUT2D eigenvalue weighted by molar-refractivity contribution is 0.230. The van der Waals surface area contributed by atoms with E-state index in [0.717, 1.165) is 0 Å². The number of sulfonamides is 1. The maximum atomic E-state index is 11.4. The number of nitrogens with zero attached hydrogens (tertiary/aromatic N) is 1. The Morgan fingerprint density at radius 2 is 1.88 bits per heavy atom. The Labute approximate surface area is 94.1 Å². The molecule has 0 saturated heterocycles. The molecule has 0 saturated carbocycles. The molecule has 0 aromatic heterocycles. The maximum absolute atomic E-state index is 11.4. The van der Waals surface area contributed by atoms with Gasteiger partial charge in [0.05, 0.1) is 5.69 Å². The van der Waals surface area contributed by atoms with Crippen LogP contribution < -0.4 is 10.5 Å². The van der Waals surface area contributed by atoms with E-state index >= 15 is 0 Å². The number of hydrogen-bond donors (Lipinski definition) is 2. The first-order chi connectivity index (χ1) is 7.32. The van der Waals surface area contributed by atoms with Crippen molar-refractivity contribution in [1.29, 1.82) is 0 Å². The maximum Gasteiger partial charge on any atom is 0.321 e. The molecule has 0 fully saturated rings. The lowest BCUT2D eigenvalue weighted by atomic mass is 10.3. The van der Waals surface area contributed by atoms with Crippen LogP contribution in [0.5, 0.6) is 0 Å². The molecule has 6 nitrogen and oxygen atoms in total. The van der Waals surface area contributed by atoms with Crippen molar-refractivity contribution in [2.75, 3.05) is 19.4 Å². The zero-order valence-electron chi connectivity index (χ0n) is 8.97. The Balaban J connectivity index is 3.11. The smallest absolute Gasteiger partial charge is 0.321 e. The van der Waals surface area contributed by atoms with Gasteiger partial charge in [-0.05, 0) is 12.1 Å². The number of rotatable bonds is 2. The summed E-state index contributed by atoms with van der Waals surface area (Å²) in [6.07, 6.45) is 0. The average molecular weight is 243 g/mol. The second-order valence-corrected chi connectivity index (χ2v) is 4.90. The van der Waals surface area contributed by atoms with Crippen molar-refractivity contribution in [3.8, 4) is 0 Å². The van der Waals surface area contributed by atoms with Gasteiger partial charge in [0.1, 0.15) is 4.90 Å². The summed E-state index contributed by atoms with van der Waals surface area (Å²) < 4.78 is 22.4. The standard InChI is InChI=1S/C9H13N3O3S/c1-12(2)9(13)11-7-5-3-4-6-8(7)16(10,14)15/h3-6H,1-2H3,(H,11,13)(H2,10,14,15). The number of primary sulfonamides is 1. The van der Waals surface area contributed by atoms with Crippen molar-refractivity contribution in [3.05, 3.63) is 24.3 Å². The van der Waals surface area contributed by atoms with Crippen molar-refractivity contribution < 1.29 is 13.2 Å². The molecule has 16 heavy (non-hydrogen) atoms. The van der Waals surface area contributed by atoms with E-state index in [1.165, 1.54) is 23.1 Å². The van der Waals surface area contributed by atoms with Crippen molar-refractivity contribution in [2.45, 2.75) is 4.90 Å². The Morgan fingerprint density at radius 1 is 1.31 bits per heavy atom. The van der Waals surface area contributed by atoms with Crippen LogP contribution in [0.15, 0.2) is 29.2 Å². The summed E-state index contributed by atoms with van der Waals surface area (Å²) in [4.78, 5) is 12.6. The number of anilines is 1. The van der Waals surface area contributed by atoms with Crippen molar-refractivity contribution >= 4 is 21.7 Å². The molecule has 2 amide bonds. The van der Waals surface area contributed by atoms with Crippen LogP contribution in [-0.2, 0) is 10.0 Å². The van der Waals surface area contributed by atoms with E-state index in [9.17, 15) is 13.2 Å². The van der Waals surface area contributed by atoms with Gasteiger partial charge in [-0.3, -0.25) is 0 Å². The van der Waals surface area contributed by atoms with E-state index in [1.54, 1.807) is 20.2 Å². The van der Waals surface area contributed by atoms with Gasteiger partial charge in [0.15, 0.2) is 0 Å². The first-order valence-electron chi connectivity index (χ1n) is 4.42. The van der Waals surface area contributed by atoms with Gasteiger partial charge in [-0.15, -0.1) is 0 Å². The van der Waals surface area contributed by atoms with E-state index in [0.29, 0.717) is 0 Å². The molecule has 0 aliphatic rings. The van der Waals surface area contributed by atoms with Crippen LogP contribution in [0.4, 0.5) is 10.5 Å². The normalized spacial score (nSPS) is 10.9. The van der Waals surface area contributed by atoms with Crippen LogP contribution in [0.2, 0.25) is 0 Å². The van der Waals surface area contributed by atoms with Crippen molar-refractivity contribution in [3.63, 3.8) is 0 Å². The highest BCUT2D eigenvalue weighted by Gasteiger charge is 2.15. The van der Waals surface area contributed by atoms with Crippen LogP contribution in [0.1, 0.15) is 0 Å². The highest BCUT2D eigenvalue weighted by molar-refractivity contribution is 7.89. The van der Waals surface area contributed by atoms with Crippen LogP contribution >= 0.6 is 0 Å². The Hall–Kier alpha value is -1.60. The first kappa shape index (κ1) is 12.5. The fourth-order valence-electron chi connectivity index (χ4n) is 1.05. The van der Waals surface area contributed by atoms with Crippen LogP contribution in [0, 0.1) is 0 Å². The minimum absolute atomic E-state index is 0.106. The quantitative estimate of drug-likeness (QED) is 0.788. The van der Waals surface area contributed by atoms with E-state index in [-0.39, 0.29) is 10.6 Å². The predicted molar refractivity (Wildman–Crippen MR) is 60.5 cm³/mol. The number of carbonyl (C=O) groups excluding carboxylic acids is 1. The second kappa shape index (κ2) is 4.50. The molecule has 0 unspecified atom stereocenters. The largest absolute Gasteiger partial charge is 0.331 e. The SMILES string of the molecule is CN(C)C(=O)Nc1ccccc1S(N)(=O)=O. The molecule has 1 rings (SSSR count). The van der Waals surface area contributed by atoms with Gasteiger partial charge in [-0.2, -0.15) is 0 Å². The molecule has 0 bridgehead atoms. The molecule has 1 aromatic rings. The fourth-order valence-corrected chi connectivity index (χ4v) is 1.74. The Bertz CT molecular complexity index is 496. The monoisotopic (exact) mass is 243 g/mol.